The highest BCUT2D eigenvalue weighted by Crippen LogP contribution is 2.37. The van der Waals surface area contributed by atoms with E-state index in [1.807, 2.05) is 0 Å². The maximum Gasteiger partial charge on any atom is 0.320 e. The van der Waals surface area contributed by atoms with Crippen LogP contribution in [0.15, 0.2) is 0 Å². The molecule has 0 amide bonds. The zero-order chi connectivity index (χ0) is 14.5. The Hall–Kier alpha value is -0.610. The molecule has 1 saturated heterocycles. The molecule has 0 aromatic rings. The fraction of sp³-hybridized carbons (Fsp3) is 0.938. The Balaban J connectivity index is 2.02. The molecule has 3 unspecified atom stereocenters. The zero-order valence-electron chi connectivity index (χ0n) is 13.1. The topological polar surface area (TPSA) is 43.8 Å². The lowest BCUT2D eigenvalue weighted by Gasteiger charge is -2.47. The van der Waals surface area contributed by atoms with Gasteiger partial charge in [-0.1, -0.05) is 26.7 Å². The average Bonchev–Trinajstić information content (AvgIpc) is 2.47. The van der Waals surface area contributed by atoms with Gasteiger partial charge < -0.3 is 10.0 Å². The molecular weight excluding hydrogens is 252 g/mol. The minimum Gasteiger partial charge on any atom is -0.480 e. The van der Waals surface area contributed by atoms with Crippen molar-refractivity contribution >= 4 is 5.97 Å². The molecule has 0 aromatic carbocycles. The Kier molecular flexibility index (Phi) is 5.85. The minimum absolute atomic E-state index is 0.245. The number of nitrogens with zero attached hydrogens (tertiary/aromatic N) is 2. The molecule has 4 heteroatoms. The van der Waals surface area contributed by atoms with E-state index in [9.17, 15) is 9.90 Å². The van der Waals surface area contributed by atoms with E-state index in [0.717, 1.165) is 44.9 Å². The first-order valence-electron chi connectivity index (χ1n) is 8.38. The van der Waals surface area contributed by atoms with Gasteiger partial charge in [0, 0.05) is 19.1 Å². The normalized spacial score (nSPS) is 31.2. The number of carbonyl (C=O) groups is 1. The van der Waals surface area contributed by atoms with Gasteiger partial charge in [-0.25, -0.2) is 0 Å². The van der Waals surface area contributed by atoms with E-state index in [1.54, 1.807) is 0 Å². The predicted molar refractivity (Wildman–Crippen MR) is 80.9 cm³/mol. The first-order valence-corrected chi connectivity index (χ1v) is 8.38. The van der Waals surface area contributed by atoms with Crippen molar-refractivity contribution in [1.29, 1.82) is 0 Å². The Morgan fingerprint density at radius 2 is 1.85 bits per heavy atom. The fourth-order valence-electron chi connectivity index (χ4n) is 4.11. The standard InChI is InChI=1S/C16H30N2O2/c1-3-17(4-2)11-12-18-14-8-6-5-7-13(14)9-10-15(18)16(19)20/h13-15H,3-12H2,1-2H3,(H,19,20). The fourth-order valence-corrected chi connectivity index (χ4v) is 4.11. The van der Waals surface area contributed by atoms with Gasteiger partial charge in [0.25, 0.3) is 0 Å². The molecule has 0 radical (unpaired) electrons. The maximum atomic E-state index is 11.6. The van der Waals surface area contributed by atoms with Crippen LogP contribution in [0.4, 0.5) is 0 Å². The molecule has 20 heavy (non-hydrogen) atoms. The van der Waals surface area contributed by atoms with E-state index in [4.69, 9.17) is 0 Å². The van der Waals surface area contributed by atoms with Crippen LogP contribution >= 0.6 is 0 Å². The third-order valence-electron chi connectivity index (χ3n) is 5.36. The van der Waals surface area contributed by atoms with E-state index >= 15 is 0 Å². The van der Waals surface area contributed by atoms with Crippen molar-refractivity contribution in [2.45, 2.75) is 64.5 Å². The Morgan fingerprint density at radius 1 is 1.15 bits per heavy atom. The van der Waals surface area contributed by atoms with Crippen molar-refractivity contribution in [1.82, 2.24) is 9.80 Å². The number of hydrogen-bond donors (Lipinski definition) is 1. The van der Waals surface area contributed by atoms with Crippen LogP contribution < -0.4 is 0 Å². The number of piperidine rings is 1. The van der Waals surface area contributed by atoms with Gasteiger partial charge in [0.2, 0.25) is 0 Å². The lowest BCUT2D eigenvalue weighted by atomic mass is 9.76. The van der Waals surface area contributed by atoms with Gasteiger partial charge in [0.15, 0.2) is 0 Å². The molecule has 1 heterocycles. The number of rotatable bonds is 6. The lowest BCUT2D eigenvalue weighted by Crippen LogP contribution is -2.56. The van der Waals surface area contributed by atoms with Crippen LogP contribution in [0, 0.1) is 5.92 Å². The van der Waals surface area contributed by atoms with Gasteiger partial charge in [0.1, 0.15) is 6.04 Å². The quantitative estimate of drug-likeness (QED) is 0.812. The summed E-state index contributed by atoms with van der Waals surface area (Å²) in [6, 6.07) is 0.277. The van der Waals surface area contributed by atoms with Crippen molar-refractivity contribution in [3.05, 3.63) is 0 Å². The minimum atomic E-state index is -0.617. The Morgan fingerprint density at radius 3 is 2.50 bits per heavy atom. The van der Waals surface area contributed by atoms with Gasteiger partial charge in [-0.15, -0.1) is 0 Å². The number of carboxylic acid groups (broad SMARTS) is 1. The molecule has 3 atom stereocenters. The maximum absolute atomic E-state index is 11.6. The summed E-state index contributed by atoms with van der Waals surface area (Å²) in [5, 5.41) is 9.52. The third kappa shape index (κ3) is 3.53. The molecule has 1 aliphatic heterocycles. The SMILES string of the molecule is CCN(CC)CCN1C(C(=O)O)CCC2CCCCC21. The van der Waals surface area contributed by atoms with E-state index < -0.39 is 5.97 Å². The molecule has 1 saturated carbocycles. The second kappa shape index (κ2) is 7.41. The first kappa shape index (κ1) is 15.8. The molecule has 0 bridgehead atoms. The summed E-state index contributed by atoms with van der Waals surface area (Å²) >= 11 is 0. The summed E-state index contributed by atoms with van der Waals surface area (Å²) in [6.45, 7) is 8.38. The molecule has 4 nitrogen and oxygen atoms in total. The van der Waals surface area contributed by atoms with Crippen LogP contribution in [0.2, 0.25) is 0 Å². The van der Waals surface area contributed by atoms with Gasteiger partial charge in [0.05, 0.1) is 0 Å². The van der Waals surface area contributed by atoms with Gasteiger partial charge in [-0.3, -0.25) is 9.69 Å². The highest BCUT2D eigenvalue weighted by molar-refractivity contribution is 5.73. The summed E-state index contributed by atoms with van der Waals surface area (Å²) in [6.07, 6.45) is 7.07. The van der Waals surface area contributed by atoms with E-state index in [2.05, 4.69) is 23.6 Å². The molecule has 0 aromatic heterocycles. The van der Waals surface area contributed by atoms with Crippen LogP contribution in [0.1, 0.15) is 52.4 Å². The summed E-state index contributed by atoms with van der Waals surface area (Å²) in [7, 11) is 0. The smallest absolute Gasteiger partial charge is 0.320 e. The van der Waals surface area contributed by atoms with Crippen molar-refractivity contribution in [3.63, 3.8) is 0 Å². The van der Waals surface area contributed by atoms with Crippen LogP contribution in [0.5, 0.6) is 0 Å². The average molecular weight is 282 g/mol. The zero-order valence-corrected chi connectivity index (χ0v) is 13.1. The Labute approximate surface area is 123 Å². The summed E-state index contributed by atoms with van der Waals surface area (Å²) < 4.78 is 0. The monoisotopic (exact) mass is 282 g/mol. The third-order valence-corrected chi connectivity index (χ3v) is 5.36. The molecule has 1 aliphatic carbocycles. The van der Waals surface area contributed by atoms with Gasteiger partial charge in [-0.05, 0) is 44.7 Å². The molecule has 116 valence electrons. The van der Waals surface area contributed by atoms with Crippen LogP contribution in [0.3, 0.4) is 0 Å². The van der Waals surface area contributed by atoms with Crippen LogP contribution in [0.25, 0.3) is 0 Å². The van der Waals surface area contributed by atoms with Crippen molar-refractivity contribution < 1.29 is 9.90 Å². The lowest BCUT2D eigenvalue weighted by molar-refractivity contribution is -0.148. The highest BCUT2D eigenvalue weighted by atomic mass is 16.4. The van der Waals surface area contributed by atoms with Gasteiger partial charge in [-0.2, -0.15) is 0 Å². The number of hydrogen-bond acceptors (Lipinski definition) is 3. The van der Waals surface area contributed by atoms with Crippen LogP contribution in [-0.4, -0.2) is 59.1 Å². The second-order valence-electron chi connectivity index (χ2n) is 6.31. The number of aliphatic carboxylic acids is 1. The predicted octanol–water partition coefficient (Wildman–Crippen LogP) is 2.44. The number of likely N-dealkylation sites (N-methyl/N-ethyl adjacent to an activating group) is 1. The largest absolute Gasteiger partial charge is 0.480 e. The summed E-state index contributed by atoms with van der Waals surface area (Å²) in [5.74, 6) is 0.129. The second-order valence-corrected chi connectivity index (χ2v) is 6.31. The number of carboxylic acids is 1. The molecular formula is C16H30N2O2. The molecule has 1 N–H and O–H groups in total. The van der Waals surface area contributed by atoms with E-state index in [0.29, 0.717) is 6.04 Å². The highest BCUT2D eigenvalue weighted by Gasteiger charge is 2.40. The van der Waals surface area contributed by atoms with Crippen molar-refractivity contribution in [2.75, 3.05) is 26.2 Å². The summed E-state index contributed by atoms with van der Waals surface area (Å²) in [4.78, 5) is 16.3. The van der Waals surface area contributed by atoms with Crippen molar-refractivity contribution in [2.24, 2.45) is 5.92 Å². The van der Waals surface area contributed by atoms with Gasteiger partial charge >= 0.3 is 5.97 Å². The number of likely N-dealkylation sites (tertiary alicyclic amines) is 1. The molecule has 2 aliphatic rings. The molecule has 0 spiro atoms. The summed E-state index contributed by atoms with van der Waals surface area (Å²) in [5.41, 5.74) is 0. The van der Waals surface area contributed by atoms with E-state index in [-0.39, 0.29) is 6.04 Å². The number of fused-ring (bicyclic) bond motifs is 1. The molecule has 2 rings (SSSR count). The Bertz CT molecular complexity index is 318. The first-order chi connectivity index (χ1) is 9.67. The molecule has 2 fully saturated rings. The van der Waals surface area contributed by atoms with Crippen LogP contribution in [-0.2, 0) is 4.79 Å². The van der Waals surface area contributed by atoms with E-state index in [1.165, 1.54) is 25.7 Å². The van der Waals surface area contributed by atoms with Crippen molar-refractivity contribution in [3.8, 4) is 0 Å².